The van der Waals surface area contributed by atoms with Gasteiger partial charge < -0.3 is 4.74 Å². The number of ether oxygens (including phenoxy) is 1. The van der Waals surface area contributed by atoms with Gasteiger partial charge in [-0.3, -0.25) is 5.01 Å². The number of nitriles is 1. The summed E-state index contributed by atoms with van der Waals surface area (Å²) in [4.78, 5) is 0.929. The van der Waals surface area contributed by atoms with Crippen LogP contribution in [0.3, 0.4) is 0 Å². The molecule has 0 fully saturated rings. The number of hydrogen-bond donors (Lipinski definition) is 0. The number of anilines is 1. The van der Waals surface area contributed by atoms with Gasteiger partial charge in [0.15, 0.2) is 0 Å². The molecule has 5 heteroatoms. The number of nitrogens with zero attached hydrogens (tertiary/aromatic N) is 3. The average Bonchev–Trinajstić information content (AvgIpc) is 3.21. The van der Waals surface area contributed by atoms with Crippen LogP contribution in [0.2, 0.25) is 0 Å². The molecule has 3 aromatic rings. The van der Waals surface area contributed by atoms with Crippen LogP contribution < -0.4 is 9.75 Å². The molecule has 0 spiro atoms. The van der Waals surface area contributed by atoms with E-state index in [1.165, 1.54) is 5.56 Å². The smallest absolute Gasteiger partial charge is 0.138 e. The van der Waals surface area contributed by atoms with E-state index in [0.29, 0.717) is 0 Å². The predicted molar refractivity (Wildman–Crippen MR) is 114 cm³/mol. The molecule has 0 N–H and O–H groups in total. The first kappa shape index (κ1) is 18.1. The maximum Gasteiger partial charge on any atom is 0.138 e. The molecule has 0 bridgehead atoms. The summed E-state index contributed by atoms with van der Waals surface area (Å²) in [6.07, 6.45) is 0.824. The van der Waals surface area contributed by atoms with Gasteiger partial charge in [-0.2, -0.15) is 10.4 Å². The molecule has 0 aliphatic carbocycles. The molecule has 138 valence electrons. The van der Waals surface area contributed by atoms with Gasteiger partial charge in [-0.25, -0.2) is 0 Å². The van der Waals surface area contributed by atoms with Gasteiger partial charge in [-0.05, 0) is 59.3 Å². The summed E-state index contributed by atoms with van der Waals surface area (Å²) in [6, 6.07) is 26.5. The summed E-state index contributed by atoms with van der Waals surface area (Å²) in [5, 5.41) is 18.0. The Morgan fingerprint density at radius 2 is 1.71 bits per heavy atom. The monoisotopic (exact) mass is 385 g/mol. The van der Waals surface area contributed by atoms with Gasteiger partial charge in [0.2, 0.25) is 0 Å². The molecule has 0 saturated carbocycles. The number of thiocyanates is 1. The number of thioether (sulfide) groups is 1. The molecule has 1 atom stereocenters. The summed E-state index contributed by atoms with van der Waals surface area (Å²) in [5.74, 6) is 0.843. The van der Waals surface area contributed by atoms with Gasteiger partial charge in [-0.1, -0.05) is 42.5 Å². The van der Waals surface area contributed by atoms with Crippen LogP contribution in [0.5, 0.6) is 5.75 Å². The van der Waals surface area contributed by atoms with Crippen molar-refractivity contribution in [3.05, 3.63) is 90.0 Å². The third-order valence-electron chi connectivity index (χ3n) is 4.78. The molecule has 0 radical (unpaired) electrons. The summed E-state index contributed by atoms with van der Waals surface area (Å²) >= 11 is 1.16. The van der Waals surface area contributed by atoms with Crippen molar-refractivity contribution in [3.8, 4) is 11.2 Å². The van der Waals surface area contributed by atoms with E-state index < -0.39 is 0 Å². The minimum atomic E-state index is 0.107. The molecular formula is C23H19N3OS. The lowest BCUT2D eigenvalue weighted by molar-refractivity contribution is 0.414. The molecule has 0 amide bonds. The van der Waals surface area contributed by atoms with E-state index in [2.05, 4.69) is 34.7 Å². The van der Waals surface area contributed by atoms with Gasteiger partial charge in [-0.15, -0.1) is 0 Å². The number of methoxy groups -OCH3 is 1. The van der Waals surface area contributed by atoms with Crippen molar-refractivity contribution in [2.45, 2.75) is 17.4 Å². The molecule has 1 heterocycles. The van der Waals surface area contributed by atoms with E-state index in [0.717, 1.165) is 45.8 Å². The molecule has 4 nitrogen and oxygen atoms in total. The Bertz CT molecular complexity index is 1010. The van der Waals surface area contributed by atoms with Crippen molar-refractivity contribution in [1.82, 2.24) is 0 Å². The predicted octanol–water partition coefficient (Wildman–Crippen LogP) is 5.62. The number of benzene rings is 3. The first-order valence-corrected chi connectivity index (χ1v) is 9.82. The standard InChI is InChI=1S/C23H19N3OS/c1-27-20-11-7-18(8-12-20)23-15-22(17-5-3-2-4-6-17)25-26(23)19-9-13-21(14-10-19)28-16-24/h2-14,23H,15H2,1H3. The molecular weight excluding hydrogens is 366 g/mol. The van der Waals surface area contributed by atoms with Crippen molar-refractivity contribution in [3.63, 3.8) is 0 Å². The normalized spacial score (nSPS) is 15.8. The van der Waals surface area contributed by atoms with Gasteiger partial charge in [0.05, 0.1) is 24.6 Å². The van der Waals surface area contributed by atoms with Gasteiger partial charge in [0.25, 0.3) is 0 Å². The third kappa shape index (κ3) is 3.73. The quantitative estimate of drug-likeness (QED) is 0.422. The van der Waals surface area contributed by atoms with E-state index in [-0.39, 0.29) is 6.04 Å². The summed E-state index contributed by atoms with van der Waals surface area (Å²) < 4.78 is 5.30. The SMILES string of the molecule is COc1ccc(C2CC(c3ccccc3)=NN2c2ccc(SC#N)cc2)cc1. The number of rotatable bonds is 5. The Balaban J connectivity index is 1.70. The lowest BCUT2D eigenvalue weighted by Crippen LogP contribution is -2.18. The van der Waals surface area contributed by atoms with Crippen LogP contribution in [0, 0.1) is 10.7 Å². The summed E-state index contributed by atoms with van der Waals surface area (Å²) in [5.41, 5.74) is 4.40. The summed E-state index contributed by atoms with van der Waals surface area (Å²) in [7, 11) is 1.67. The minimum absolute atomic E-state index is 0.107. The van der Waals surface area contributed by atoms with Crippen molar-refractivity contribution < 1.29 is 4.74 Å². The van der Waals surface area contributed by atoms with Gasteiger partial charge >= 0.3 is 0 Å². The van der Waals surface area contributed by atoms with Crippen molar-refractivity contribution in [2.75, 3.05) is 12.1 Å². The van der Waals surface area contributed by atoms with Crippen LogP contribution in [0.25, 0.3) is 0 Å². The molecule has 1 aliphatic heterocycles. The largest absolute Gasteiger partial charge is 0.497 e. The number of hydrogen-bond acceptors (Lipinski definition) is 5. The second kappa shape index (κ2) is 8.20. The lowest BCUT2D eigenvalue weighted by atomic mass is 9.98. The zero-order valence-electron chi connectivity index (χ0n) is 15.4. The van der Waals surface area contributed by atoms with E-state index in [4.69, 9.17) is 15.1 Å². The third-order valence-corrected chi connectivity index (χ3v) is 5.38. The Morgan fingerprint density at radius 3 is 2.36 bits per heavy atom. The highest BCUT2D eigenvalue weighted by atomic mass is 32.2. The molecule has 4 rings (SSSR count). The lowest BCUT2D eigenvalue weighted by Gasteiger charge is -2.24. The maximum atomic E-state index is 8.87. The molecule has 0 saturated heterocycles. The Kier molecular flexibility index (Phi) is 5.31. The fraction of sp³-hybridized carbons (Fsp3) is 0.130. The van der Waals surface area contributed by atoms with Crippen LogP contribution in [-0.2, 0) is 0 Å². The van der Waals surface area contributed by atoms with Gasteiger partial charge in [0, 0.05) is 11.3 Å². The Hall–Kier alpha value is -3.23. The van der Waals surface area contributed by atoms with Crippen LogP contribution in [-0.4, -0.2) is 12.8 Å². The van der Waals surface area contributed by atoms with E-state index in [1.54, 1.807) is 7.11 Å². The average molecular weight is 385 g/mol. The first-order valence-electron chi connectivity index (χ1n) is 9.00. The van der Waals surface area contributed by atoms with Crippen LogP contribution in [0.4, 0.5) is 5.69 Å². The van der Waals surface area contributed by atoms with Crippen LogP contribution in [0.15, 0.2) is 88.9 Å². The van der Waals surface area contributed by atoms with Crippen molar-refractivity contribution >= 4 is 23.2 Å². The Morgan fingerprint density at radius 1 is 1.00 bits per heavy atom. The Labute approximate surface area is 169 Å². The maximum absolute atomic E-state index is 8.87. The highest BCUT2D eigenvalue weighted by Crippen LogP contribution is 2.37. The molecule has 1 aliphatic rings. The van der Waals surface area contributed by atoms with Crippen molar-refractivity contribution in [2.24, 2.45) is 5.10 Å². The zero-order chi connectivity index (χ0) is 19.3. The molecule has 3 aromatic carbocycles. The molecule has 28 heavy (non-hydrogen) atoms. The number of hydrazone groups is 1. The first-order chi connectivity index (χ1) is 13.8. The van der Waals surface area contributed by atoms with Crippen LogP contribution >= 0.6 is 11.8 Å². The fourth-order valence-corrected chi connectivity index (χ4v) is 3.74. The van der Waals surface area contributed by atoms with Crippen molar-refractivity contribution in [1.29, 1.82) is 5.26 Å². The summed E-state index contributed by atoms with van der Waals surface area (Å²) in [6.45, 7) is 0. The van der Waals surface area contributed by atoms with Crippen LogP contribution in [0.1, 0.15) is 23.6 Å². The highest BCUT2D eigenvalue weighted by molar-refractivity contribution is 8.03. The van der Waals surface area contributed by atoms with Gasteiger partial charge in [0.1, 0.15) is 11.2 Å². The van der Waals surface area contributed by atoms with E-state index in [1.807, 2.05) is 54.6 Å². The second-order valence-electron chi connectivity index (χ2n) is 6.44. The highest BCUT2D eigenvalue weighted by Gasteiger charge is 2.29. The topological polar surface area (TPSA) is 48.6 Å². The minimum Gasteiger partial charge on any atom is -0.497 e. The zero-order valence-corrected chi connectivity index (χ0v) is 16.3. The van der Waals surface area contributed by atoms with E-state index in [9.17, 15) is 0 Å². The molecule has 1 unspecified atom stereocenters. The fourth-order valence-electron chi connectivity index (χ4n) is 3.36. The second-order valence-corrected chi connectivity index (χ2v) is 7.30. The molecule has 0 aromatic heterocycles. The van der Waals surface area contributed by atoms with E-state index >= 15 is 0 Å².